The summed E-state index contributed by atoms with van der Waals surface area (Å²) in [7, 11) is 0. The maximum atomic E-state index is 2.36. The van der Waals surface area contributed by atoms with Crippen molar-refractivity contribution in [2.45, 2.75) is 84.5 Å². The van der Waals surface area contributed by atoms with E-state index in [9.17, 15) is 0 Å². The standard InChI is InChI=1S/C25H36I/c1-3-4-5-6-7-8-9-10-11-12-13-23-16-20-25(21-17-23)26-24-18-14-22(2)15-19-24/h14-21H,3-13H2,1-2H3/q+1. The summed E-state index contributed by atoms with van der Waals surface area (Å²) in [6.07, 6.45) is 15.4. The predicted octanol–water partition coefficient (Wildman–Crippen LogP) is 4.59. The Labute approximate surface area is 172 Å². The van der Waals surface area contributed by atoms with Crippen LogP contribution < -0.4 is 21.2 Å². The van der Waals surface area contributed by atoms with Gasteiger partial charge in [-0.3, -0.25) is 0 Å². The first-order chi connectivity index (χ1) is 12.8. The Morgan fingerprint density at radius 1 is 0.577 bits per heavy atom. The third-order valence-corrected chi connectivity index (χ3v) is 7.65. The van der Waals surface area contributed by atoms with Gasteiger partial charge in [0.1, 0.15) is 0 Å². The molecule has 0 atom stereocenters. The van der Waals surface area contributed by atoms with E-state index in [4.69, 9.17) is 0 Å². The normalized spacial score (nSPS) is 11.0. The second-order valence-electron chi connectivity index (χ2n) is 7.45. The van der Waals surface area contributed by atoms with E-state index in [1.807, 2.05) is 0 Å². The van der Waals surface area contributed by atoms with Crippen LogP contribution in [0.1, 0.15) is 82.3 Å². The van der Waals surface area contributed by atoms with E-state index in [1.54, 1.807) is 0 Å². The zero-order chi connectivity index (χ0) is 18.5. The SMILES string of the molecule is CCCCCCCCCCCCc1ccc([I+]c2ccc(C)cc2)cc1. The highest BCUT2D eigenvalue weighted by atomic mass is 127. The van der Waals surface area contributed by atoms with Crippen LogP contribution in [0.4, 0.5) is 0 Å². The summed E-state index contributed by atoms with van der Waals surface area (Å²) in [4.78, 5) is 0. The highest BCUT2D eigenvalue weighted by Crippen LogP contribution is 2.12. The number of rotatable bonds is 13. The fourth-order valence-electron chi connectivity index (χ4n) is 3.25. The number of unbranched alkanes of at least 4 members (excludes halogenated alkanes) is 9. The highest BCUT2D eigenvalue weighted by molar-refractivity contribution is 5.15. The molecule has 0 aliphatic rings. The van der Waals surface area contributed by atoms with Crippen LogP contribution in [0.25, 0.3) is 0 Å². The number of aryl methyl sites for hydroxylation is 2. The molecule has 0 spiro atoms. The fraction of sp³-hybridized carbons (Fsp3) is 0.520. The molecule has 0 saturated carbocycles. The summed E-state index contributed by atoms with van der Waals surface area (Å²) in [5, 5.41) is 0. The Morgan fingerprint density at radius 2 is 1.04 bits per heavy atom. The minimum absolute atomic E-state index is 0.0271. The van der Waals surface area contributed by atoms with E-state index in [-0.39, 0.29) is 21.2 Å². The van der Waals surface area contributed by atoms with Crippen molar-refractivity contribution in [2.75, 3.05) is 0 Å². The molecule has 2 aromatic rings. The molecule has 0 N–H and O–H groups in total. The van der Waals surface area contributed by atoms with Gasteiger partial charge in [-0.15, -0.1) is 0 Å². The van der Waals surface area contributed by atoms with Crippen molar-refractivity contribution < 1.29 is 21.2 Å². The van der Waals surface area contributed by atoms with Gasteiger partial charge in [0.2, 0.25) is 0 Å². The fourth-order valence-corrected chi connectivity index (χ4v) is 5.41. The molecule has 0 radical (unpaired) electrons. The van der Waals surface area contributed by atoms with Crippen molar-refractivity contribution in [1.29, 1.82) is 0 Å². The van der Waals surface area contributed by atoms with Crippen molar-refractivity contribution in [3.05, 3.63) is 66.8 Å². The summed E-state index contributed by atoms with van der Waals surface area (Å²) < 4.78 is 3.04. The summed E-state index contributed by atoms with van der Waals surface area (Å²) in [5.41, 5.74) is 2.87. The highest BCUT2D eigenvalue weighted by Gasteiger charge is 2.14. The molecule has 0 amide bonds. The Balaban J connectivity index is 1.55. The van der Waals surface area contributed by atoms with E-state index in [0.29, 0.717) is 0 Å². The van der Waals surface area contributed by atoms with Crippen LogP contribution >= 0.6 is 0 Å². The van der Waals surface area contributed by atoms with Gasteiger partial charge in [-0.2, -0.15) is 0 Å². The number of hydrogen-bond donors (Lipinski definition) is 0. The van der Waals surface area contributed by atoms with E-state index >= 15 is 0 Å². The average molecular weight is 463 g/mol. The van der Waals surface area contributed by atoms with Crippen molar-refractivity contribution in [3.63, 3.8) is 0 Å². The van der Waals surface area contributed by atoms with Gasteiger partial charge in [-0.05, 0) is 49.6 Å². The number of halogens is 1. The molecule has 0 aliphatic carbocycles. The second kappa shape index (κ2) is 13.4. The Morgan fingerprint density at radius 3 is 1.58 bits per heavy atom. The lowest BCUT2D eigenvalue weighted by atomic mass is 10.0. The van der Waals surface area contributed by atoms with Crippen molar-refractivity contribution in [1.82, 2.24) is 0 Å². The van der Waals surface area contributed by atoms with Crippen LogP contribution in [0.5, 0.6) is 0 Å². The molecular formula is C25H36I+. The molecule has 26 heavy (non-hydrogen) atoms. The second-order valence-corrected chi connectivity index (χ2v) is 10.5. The molecule has 2 rings (SSSR count). The number of hydrogen-bond acceptors (Lipinski definition) is 0. The molecule has 0 unspecified atom stereocenters. The maximum absolute atomic E-state index is 2.36. The van der Waals surface area contributed by atoms with E-state index in [2.05, 4.69) is 62.4 Å². The first-order valence-corrected chi connectivity index (χ1v) is 12.7. The molecule has 0 heterocycles. The van der Waals surface area contributed by atoms with Crippen molar-refractivity contribution in [2.24, 2.45) is 0 Å². The largest absolute Gasteiger partial charge is 0.357 e. The van der Waals surface area contributed by atoms with Gasteiger partial charge in [0, 0.05) is 0 Å². The summed E-state index contributed by atoms with van der Waals surface area (Å²) in [6, 6.07) is 18.5. The zero-order valence-corrected chi connectivity index (χ0v) is 18.9. The first kappa shape index (κ1) is 21.5. The average Bonchev–Trinajstić information content (AvgIpc) is 2.66. The molecule has 0 fully saturated rings. The van der Waals surface area contributed by atoms with Crippen LogP contribution in [0, 0.1) is 14.1 Å². The van der Waals surface area contributed by atoms with Gasteiger partial charge >= 0.3 is 21.2 Å². The lowest BCUT2D eigenvalue weighted by Crippen LogP contribution is -3.61. The molecule has 1 heteroatoms. The minimum Gasteiger partial charge on any atom is -0.0654 e. The van der Waals surface area contributed by atoms with Crippen LogP contribution in [-0.4, -0.2) is 0 Å². The van der Waals surface area contributed by atoms with Crippen LogP contribution in [-0.2, 0) is 6.42 Å². The van der Waals surface area contributed by atoms with Gasteiger partial charge in [-0.25, -0.2) is 0 Å². The summed E-state index contributed by atoms with van der Waals surface area (Å²) in [6.45, 7) is 4.45. The predicted molar refractivity (Wildman–Crippen MR) is 111 cm³/mol. The van der Waals surface area contributed by atoms with Gasteiger partial charge in [0.25, 0.3) is 0 Å². The molecule has 142 valence electrons. The van der Waals surface area contributed by atoms with E-state index in [0.717, 1.165) is 0 Å². The third-order valence-electron chi connectivity index (χ3n) is 4.96. The van der Waals surface area contributed by atoms with Gasteiger partial charge in [0.15, 0.2) is 7.14 Å². The zero-order valence-electron chi connectivity index (χ0n) is 16.8. The van der Waals surface area contributed by atoms with E-state index in [1.165, 1.54) is 88.9 Å². The van der Waals surface area contributed by atoms with E-state index < -0.39 is 0 Å². The quantitative estimate of drug-likeness (QED) is 0.301. The maximum Gasteiger partial charge on any atom is 0.357 e. The van der Waals surface area contributed by atoms with Crippen molar-refractivity contribution in [3.8, 4) is 0 Å². The molecular weight excluding hydrogens is 427 g/mol. The molecule has 2 aromatic carbocycles. The van der Waals surface area contributed by atoms with Crippen LogP contribution in [0.15, 0.2) is 48.5 Å². The molecule has 0 nitrogen and oxygen atoms in total. The Kier molecular flexibility index (Phi) is 11.0. The third kappa shape index (κ3) is 9.21. The summed E-state index contributed by atoms with van der Waals surface area (Å²) >= 11 is -0.0271. The van der Waals surface area contributed by atoms with Gasteiger partial charge < -0.3 is 0 Å². The molecule has 0 saturated heterocycles. The lowest BCUT2D eigenvalue weighted by Gasteiger charge is -2.03. The molecule has 0 aliphatic heterocycles. The number of benzene rings is 2. The van der Waals surface area contributed by atoms with Gasteiger partial charge in [0.05, 0.1) is 0 Å². The van der Waals surface area contributed by atoms with Crippen molar-refractivity contribution >= 4 is 0 Å². The van der Waals surface area contributed by atoms with Crippen LogP contribution in [0.3, 0.4) is 0 Å². The van der Waals surface area contributed by atoms with Gasteiger partial charge in [-0.1, -0.05) is 94.5 Å². The molecule has 0 bridgehead atoms. The lowest BCUT2D eigenvalue weighted by molar-refractivity contribution is -0.597. The summed E-state index contributed by atoms with van der Waals surface area (Å²) in [5.74, 6) is 0. The Hall–Kier alpha value is -0.830. The van der Waals surface area contributed by atoms with Crippen LogP contribution in [0.2, 0.25) is 0 Å². The Bertz CT molecular complexity index is 583. The topological polar surface area (TPSA) is 0 Å². The minimum atomic E-state index is -0.0271. The first-order valence-electron chi connectivity index (χ1n) is 10.6. The monoisotopic (exact) mass is 463 g/mol. The smallest absolute Gasteiger partial charge is 0.0654 e. The molecule has 0 aromatic heterocycles.